The van der Waals surface area contributed by atoms with E-state index in [1.54, 1.807) is 24.3 Å². The lowest BCUT2D eigenvalue weighted by atomic mass is 9.68. The van der Waals surface area contributed by atoms with Crippen LogP contribution in [0.1, 0.15) is 11.1 Å². The second-order valence-electron chi connectivity index (χ2n) is 5.32. The normalized spacial score (nSPS) is 23.0. The van der Waals surface area contributed by atoms with E-state index in [1.165, 1.54) is 0 Å². The van der Waals surface area contributed by atoms with Gasteiger partial charge in [0.2, 0.25) is 0 Å². The molecule has 0 saturated heterocycles. The molecule has 2 aromatic carbocycles. The summed E-state index contributed by atoms with van der Waals surface area (Å²) in [6.07, 6.45) is 0.374. The van der Waals surface area contributed by atoms with Crippen LogP contribution in [0.25, 0.3) is 0 Å². The van der Waals surface area contributed by atoms with Crippen LogP contribution in [0, 0.1) is 0 Å². The molecule has 0 aliphatic carbocycles. The maximum absolute atomic E-state index is 12.5. The smallest absolute Gasteiger partial charge is 0.423 e. The number of anilines is 1. The van der Waals surface area contributed by atoms with Crippen molar-refractivity contribution in [3.63, 3.8) is 0 Å². The van der Waals surface area contributed by atoms with Crippen molar-refractivity contribution < 1.29 is 14.5 Å². The second kappa shape index (κ2) is 4.34. The molecule has 6 heteroatoms. The van der Waals surface area contributed by atoms with E-state index in [9.17, 15) is 9.82 Å². The highest BCUT2D eigenvalue weighted by Gasteiger charge is 2.53. The Morgan fingerprint density at radius 1 is 1.29 bits per heavy atom. The molecule has 0 fully saturated rings. The number of hydrogen-bond acceptors (Lipinski definition) is 3. The Morgan fingerprint density at radius 2 is 2.10 bits per heavy atom. The van der Waals surface area contributed by atoms with Crippen LogP contribution in [0.2, 0.25) is 5.02 Å². The molecule has 4 rings (SSSR count). The summed E-state index contributed by atoms with van der Waals surface area (Å²) in [6, 6.07) is 12.6. The Labute approximate surface area is 126 Å². The quantitative estimate of drug-likeness (QED) is 0.724. The van der Waals surface area contributed by atoms with Crippen LogP contribution in [0.4, 0.5) is 5.69 Å². The van der Waals surface area contributed by atoms with Crippen molar-refractivity contribution in [1.29, 1.82) is 0 Å². The summed E-state index contributed by atoms with van der Waals surface area (Å²) in [6.45, 7) is 0. The maximum atomic E-state index is 12.5. The van der Waals surface area contributed by atoms with Gasteiger partial charge in [-0.15, -0.1) is 0 Å². The topological polar surface area (TPSA) is 58.6 Å². The number of hydrogen-bond donors (Lipinski definition) is 2. The Balaban J connectivity index is 1.90. The number of amides is 1. The maximum Gasteiger partial charge on any atom is 0.492 e. The molecule has 0 radical (unpaired) electrons. The minimum atomic E-state index is -1.21. The number of benzene rings is 2. The van der Waals surface area contributed by atoms with Crippen molar-refractivity contribution in [3.8, 4) is 0 Å². The molecule has 4 nitrogen and oxygen atoms in total. The standard InChI is InChI=1S/C15H11BClNO3/c17-10-5-6-13-11(7-10)15(14(19)18-13)8-9-3-1-2-4-12(9)16(20)21-15/h1-7,20H,8H2,(H,18,19). The molecular weight excluding hydrogens is 288 g/mol. The number of carbonyl (C=O) groups is 1. The van der Waals surface area contributed by atoms with Crippen LogP contribution in [0.15, 0.2) is 42.5 Å². The van der Waals surface area contributed by atoms with Crippen molar-refractivity contribution in [1.82, 2.24) is 0 Å². The zero-order chi connectivity index (χ0) is 14.6. The summed E-state index contributed by atoms with van der Waals surface area (Å²) in [5.74, 6) is -0.270. The molecule has 2 aliphatic heterocycles. The minimum Gasteiger partial charge on any atom is -0.423 e. The van der Waals surface area contributed by atoms with Crippen LogP contribution in [0.5, 0.6) is 0 Å². The average molecular weight is 300 g/mol. The summed E-state index contributed by atoms with van der Waals surface area (Å²) < 4.78 is 5.74. The Bertz CT molecular complexity index is 766. The number of nitrogens with one attached hydrogen (secondary N) is 1. The molecule has 0 bridgehead atoms. The van der Waals surface area contributed by atoms with Crippen molar-refractivity contribution in [2.24, 2.45) is 0 Å². The monoisotopic (exact) mass is 299 g/mol. The Kier molecular flexibility index (Phi) is 2.66. The summed E-state index contributed by atoms with van der Waals surface area (Å²) in [7, 11) is -1.13. The van der Waals surface area contributed by atoms with Crippen molar-refractivity contribution in [2.45, 2.75) is 12.0 Å². The first-order valence-corrected chi connectivity index (χ1v) is 7.03. The van der Waals surface area contributed by atoms with Crippen LogP contribution < -0.4 is 10.8 Å². The molecule has 1 spiro atoms. The van der Waals surface area contributed by atoms with Gasteiger partial charge in [-0.1, -0.05) is 35.9 Å². The third-order valence-electron chi connectivity index (χ3n) is 4.11. The lowest BCUT2D eigenvalue weighted by Gasteiger charge is -2.35. The number of rotatable bonds is 0. The lowest BCUT2D eigenvalue weighted by Crippen LogP contribution is -2.54. The van der Waals surface area contributed by atoms with Gasteiger partial charge in [-0.3, -0.25) is 4.79 Å². The molecule has 0 aromatic heterocycles. The van der Waals surface area contributed by atoms with E-state index < -0.39 is 12.7 Å². The fourth-order valence-electron chi connectivity index (χ4n) is 3.10. The van der Waals surface area contributed by atoms with Gasteiger partial charge < -0.3 is 15.0 Å². The zero-order valence-electron chi connectivity index (χ0n) is 11.0. The molecule has 1 amide bonds. The molecule has 2 heterocycles. The predicted molar refractivity (Wildman–Crippen MR) is 80.6 cm³/mol. The van der Waals surface area contributed by atoms with Gasteiger partial charge in [0.25, 0.3) is 5.91 Å². The third kappa shape index (κ3) is 1.75. The molecule has 0 saturated carbocycles. The summed E-state index contributed by atoms with van der Waals surface area (Å²) in [4.78, 5) is 12.5. The largest absolute Gasteiger partial charge is 0.492 e. The summed E-state index contributed by atoms with van der Waals surface area (Å²) in [5, 5.41) is 13.6. The number of fused-ring (bicyclic) bond motifs is 3. The van der Waals surface area contributed by atoms with E-state index in [2.05, 4.69) is 5.32 Å². The van der Waals surface area contributed by atoms with Gasteiger partial charge in [0.05, 0.1) is 0 Å². The van der Waals surface area contributed by atoms with Crippen LogP contribution in [-0.4, -0.2) is 18.0 Å². The highest BCUT2D eigenvalue weighted by molar-refractivity contribution is 6.61. The molecule has 2 aromatic rings. The SMILES string of the molecule is O=C1Nc2ccc(Cl)cc2C12Cc1ccccc1B(O)O2. The van der Waals surface area contributed by atoms with Gasteiger partial charge in [0.15, 0.2) is 5.60 Å². The van der Waals surface area contributed by atoms with Gasteiger partial charge in [-0.05, 0) is 29.2 Å². The molecule has 21 heavy (non-hydrogen) atoms. The molecule has 1 unspecified atom stereocenters. The van der Waals surface area contributed by atoms with Gasteiger partial charge >= 0.3 is 7.12 Å². The Morgan fingerprint density at radius 3 is 2.95 bits per heavy atom. The van der Waals surface area contributed by atoms with Crippen LogP contribution in [-0.2, 0) is 21.5 Å². The van der Waals surface area contributed by atoms with E-state index in [-0.39, 0.29) is 5.91 Å². The number of halogens is 1. The van der Waals surface area contributed by atoms with E-state index in [0.29, 0.717) is 28.2 Å². The lowest BCUT2D eigenvalue weighted by molar-refractivity contribution is -0.132. The summed E-state index contributed by atoms with van der Waals surface area (Å²) in [5.41, 5.74) is 1.74. The van der Waals surface area contributed by atoms with Crippen molar-refractivity contribution in [3.05, 3.63) is 58.6 Å². The predicted octanol–water partition coefficient (Wildman–Crippen LogP) is 1.45. The molecule has 2 aliphatic rings. The third-order valence-corrected chi connectivity index (χ3v) is 4.34. The Hall–Kier alpha value is -1.82. The fourth-order valence-corrected chi connectivity index (χ4v) is 3.27. The first-order valence-electron chi connectivity index (χ1n) is 6.65. The van der Waals surface area contributed by atoms with Crippen LogP contribution >= 0.6 is 11.6 Å². The van der Waals surface area contributed by atoms with E-state index in [4.69, 9.17) is 16.3 Å². The zero-order valence-corrected chi connectivity index (χ0v) is 11.7. The molecule has 1 atom stereocenters. The van der Waals surface area contributed by atoms with E-state index in [1.807, 2.05) is 18.2 Å². The van der Waals surface area contributed by atoms with E-state index in [0.717, 1.165) is 5.56 Å². The average Bonchev–Trinajstić information content (AvgIpc) is 2.72. The van der Waals surface area contributed by atoms with Gasteiger partial charge in [0.1, 0.15) is 0 Å². The van der Waals surface area contributed by atoms with Gasteiger partial charge in [-0.2, -0.15) is 0 Å². The summed E-state index contributed by atoms with van der Waals surface area (Å²) >= 11 is 6.05. The van der Waals surface area contributed by atoms with Gasteiger partial charge in [-0.25, -0.2) is 0 Å². The van der Waals surface area contributed by atoms with E-state index >= 15 is 0 Å². The minimum absolute atomic E-state index is 0.270. The van der Waals surface area contributed by atoms with Crippen molar-refractivity contribution in [2.75, 3.05) is 5.32 Å². The number of carbonyl (C=O) groups excluding carboxylic acids is 1. The first-order chi connectivity index (χ1) is 10.1. The highest BCUT2D eigenvalue weighted by Crippen LogP contribution is 2.44. The van der Waals surface area contributed by atoms with Crippen molar-refractivity contribution >= 4 is 35.8 Å². The first kappa shape index (κ1) is 12.9. The highest BCUT2D eigenvalue weighted by atomic mass is 35.5. The molecule has 104 valence electrons. The second-order valence-corrected chi connectivity index (χ2v) is 5.75. The molecular formula is C15H11BClNO3. The fraction of sp³-hybridized carbons (Fsp3) is 0.133. The molecule has 2 N–H and O–H groups in total. The van der Waals surface area contributed by atoms with Crippen LogP contribution in [0.3, 0.4) is 0 Å². The van der Waals surface area contributed by atoms with Gasteiger partial charge in [0, 0.05) is 22.7 Å².